The SMILES string of the molecule is OC[C@H]1O[C@H](OCc2cn(CCOc3cc(OCCn4cc(CO[C@H]5O[C@H](CO)[C@@H](O)[C@H](O)[C@@H]5O)nn4)cc(OCCn4cc(CO[C@H]5O[C@H](CO)[C@@H](O)[C@H](O)[C@@H]5O)nn4)c3)nn2)[C@@H](O)[C@@H](O)[C@@H]1O. The van der Waals surface area contributed by atoms with Gasteiger partial charge < -0.3 is 104 Å². The first-order valence-electron chi connectivity index (χ1n) is 21.7. The fourth-order valence-corrected chi connectivity index (χ4v) is 7.23. The fourth-order valence-electron chi connectivity index (χ4n) is 7.23. The molecule has 0 radical (unpaired) electrons. The highest BCUT2D eigenvalue weighted by molar-refractivity contribution is 5.42. The number of nitrogens with zero attached hydrogens (tertiary/aromatic N) is 9. The summed E-state index contributed by atoms with van der Waals surface area (Å²) in [5.74, 6) is 1.07. The van der Waals surface area contributed by atoms with Crippen LogP contribution in [0.2, 0.25) is 0 Å². The van der Waals surface area contributed by atoms with Gasteiger partial charge >= 0.3 is 0 Å². The van der Waals surface area contributed by atoms with E-state index in [1.807, 2.05) is 0 Å². The van der Waals surface area contributed by atoms with Gasteiger partial charge in [-0.15, -0.1) is 15.3 Å². The van der Waals surface area contributed by atoms with E-state index in [2.05, 4.69) is 30.9 Å². The van der Waals surface area contributed by atoms with Crippen LogP contribution in [0.5, 0.6) is 17.2 Å². The summed E-state index contributed by atoms with van der Waals surface area (Å²) in [4.78, 5) is 0. The van der Waals surface area contributed by atoms with E-state index < -0.39 is 112 Å². The Morgan fingerprint density at radius 2 is 0.681 bits per heavy atom. The van der Waals surface area contributed by atoms with Crippen molar-refractivity contribution in [2.24, 2.45) is 0 Å². The molecule has 0 saturated carbocycles. The Hall–Kier alpha value is -4.68. The summed E-state index contributed by atoms with van der Waals surface area (Å²) in [6.45, 7) is -1.40. The molecule has 3 aliphatic heterocycles. The Kier molecular flexibility index (Phi) is 18.5. The standard InChI is InChI=1S/C39H57N9O21/c49-13-25-28(52)31(55)34(58)37(67-25)64-16-19-10-46(43-40-19)1-4-61-22-7-23(62-5-2-47-11-20(41-44-47)17-65-38-35(59)32(56)29(53)26(14-50)68-38)9-24(8-22)63-6-3-48-12-21(42-45-48)18-66-39-36(60)33(57)30(54)27(15-51)69-39/h7-12,25-39,49-60H,1-6,13-18H2/t25-,26-,27-,28-,29-,30-,31+,32+,33+,34+,35+,36+,37+,38+,39+/m1/s1. The summed E-state index contributed by atoms with van der Waals surface area (Å²) < 4.78 is 55.3. The van der Waals surface area contributed by atoms with Crippen molar-refractivity contribution in [1.29, 1.82) is 0 Å². The number of hydrogen-bond acceptors (Lipinski definition) is 27. The summed E-state index contributed by atoms with van der Waals surface area (Å²) in [6.07, 6.45) is -16.8. The number of hydrogen-bond donors (Lipinski definition) is 12. The second kappa shape index (κ2) is 24.4. The topological polar surface area (TPSA) is 418 Å². The van der Waals surface area contributed by atoms with Crippen LogP contribution >= 0.6 is 0 Å². The lowest BCUT2D eigenvalue weighted by Crippen LogP contribution is -2.59. The quantitative estimate of drug-likeness (QED) is 0.0310. The molecular weight excluding hydrogens is 930 g/mol. The molecular formula is C39H57N9O21. The Morgan fingerprint density at radius 3 is 0.942 bits per heavy atom. The van der Waals surface area contributed by atoms with Gasteiger partial charge in [0.25, 0.3) is 0 Å². The van der Waals surface area contributed by atoms with E-state index in [1.54, 1.807) is 36.8 Å². The predicted octanol–water partition coefficient (Wildman–Crippen LogP) is -7.35. The largest absolute Gasteiger partial charge is 0.491 e. The molecule has 4 aromatic rings. The number of ether oxygens (including phenoxy) is 9. The molecule has 1 aromatic carbocycles. The van der Waals surface area contributed by atoms with E-state index in [4.69, 9.17) is 42.6 Å². The van der Waals surface area contributed by atoms with Crippen molar-refractivity contribution in [3.63, 3.8) is 0 Å². The van der Waals surface area contributed by atoms with Gasteiger partial charge in [0.2, 0.25) is 0 Å². The Labute approximate surface area is 390 Å². The van der Waals surface area contributed by atoms with Crippen LogP contribution < -0.4 is 14.2 Å². The number of aliphatic hydroxyl groups excluding tert-OH is 12. The lowest BCUT2D eigenvalue weighted by Gasteiger charge is -2.39. The summed E-state index contributed by atoms with van der Waals surface area (Å²) in [6, 6.07) is 4.90. The van der Waals surface area contributed by atoms with Crippen LogP contribution in [0.4, 0.5) is 0 Å². The second-order valence-electron chi connectivity index (χ2n) is 16.1. The average Bonchev–Trinajstić information content (AvgIpc) is 4.13. The highest BCUT2D eigenvalue weighted by Crippen LogP contribution is 2.29. The van der Waals surface area contributed by atoms with Crippen molar-refractivity contribution >= 4 is 0 Å². The van der Waals surface area contributed by atoms with Gasteiger partial charge in [-0.1, -0.05) is 15.6 Å². The van der Waals surface area contributed by atoms with E-state index >= 15 is 0 Å². The third kappa shape index (κ3) is 13.4. The molecule has 69 heavy (non-hydrogen) atoms. The molecule has 0 unspecified atom stereocenters. The first-order valence-corrected chi connectivity index (χ1v) is 21.7. The third-order valence-corrected chi connectivity index (χ3v) is 11.1. The lowest BCUT2D eigenvalue weighted by molar-refractivity contribution is -0.304. The van der Waals surface area contributed by atoms with E-state index in [0.717, 1.165) is 0 Å². The molecule has 0 bridgehead atoms. The first-order chi connectivity index (χ1) is 33.2. The van der Waals surface area contributed by atoms with Crippen LogP contribution in [-0.2, 0) is 67.9 Å². The van der Waals surface area contributed by atoms with Crippen molar-refractivity contribution in [2.45, 2.75) is 132 Å². The van der Waals surface area contributed by atoms with E-state index in [1.165, 1.54) is 14.0 Å². The molecule has 0 amide bonds. The molecule has 3 saturated heterocycles. The van der Waals surface area contributed by atoms with Crippen LogP contribution in [-0.4, -0.2) is 238 Å². The smallest absolute Gasteiger partial charge is 0.187 e. The molecule has 0 aliphatic carbocycles. The summed E-state index contributed by atoms with van der Waals surface area (Å²) >= 11 is 0. The molecule has 6 heterocycles. The molecule has 12 N–H and O–H groups in total. The minimum absolute atomic E-state index is 0.0963. The van der Waals surface area contributed by atoms with Crippen molar-refractivity contribution in [1.82, 2.24) is 45.0 Å². The number of rotatable bonds is 24. The Bertz CT molecular complexity index is 1920. The van der Waals surface area contributed by atoms with Crippen LogP contribution in [0, 0.1) is 0 Å². The van der Waals surface area contributed by atoms with Gasteiger partial charge in [-0.25, -0.2) is 14.0 Å². The Morgan fingerprint density at radius 1 is 0.406 bits per heavy atom. The minimum atomic E-state index is -1.60. The van der Waals surface area contributed by atoms with E-state index in [9.17, 15) is 61.3 Å². The zero-order valence-electron chi connectivity index (χ0n) is 36.7. The molecule has 30 nitrogen and oxygen atoms in total. The summed E-state index contributed by atoms with van der Waals surface area (Å²) in [5, 5.41) is 143. The van der Waals surface area contributed by atoms with Gasteiger partial charge in [-0.05, 0) is 0 Å². The summed E-state index contributed by atoms with van der Waals surface area (Å²) in [5.41, 5.74) is 1.04. The first kappa shape index (κ1) is 52.2. The van der Waals surface area contributed by atoms with Crippen molar-refractivity contribution < 1.29 is 104 Å². The monoisotopic (exact) mass is 987 g/mol. The maximum absolute atomic E-state index is 10.3. The number of aliphatic hydroxyl groups is 12. The van der Waals surface area contributed by atoms with Crippen LogP contribution in [0.25, 0.3) is 0 Å². The molecule has 384 valence electrons. The van der Waals surface area contributed by atoms with E-state index in [0.29, 0.717) is 34.3 Å². The number of benzene rings is 1. The molecule has 3 aliphatic rings. The van der Waals surface area contributed by atoms with Crippen molar-refractivity contribution in [2.75, 3.05) is 39.6 Å². The van der Waals surface area contributed by atoms with Gasteiger partial charge in [0.15, 0.2) is 18.9 Å². The van der Waals surface area contributed by atoms with Crippen LogP contribution in [0.1, 0.15) is 17.1 Å². The third-order valence-electron chi connectivity index (χ3n) is 11.1. The molecule has 15 atom stereocenters. The maximum atomic E-state index is 10.3. The van der Waals surface area contributed by atoms with Gasteiger partial charge in [0, 0.05) is 18.2 Å². The van der Waals surface area contributed by atoms with E-state index in [-0.39, 0.29) is 59.3 Å². The van der Waals surface area contributed by atoms with Crippen LogP contribution in [0.3, 0.4) is 0 Å². The molecule has 3 aromatic heterocycles. The molecule has 7 rings (SSSR count). The zero-order chi connectivity index (χ0) is 49.2. The molecule has 3 fully saturated rings. The Balaban J connectivity index is 0.922. The highest BCUT2D eigenvalue weighted by Gasteiger charge is 2.46. The van der Waals surface area contributed by atoms with Crippen molar-refractivity contribution in [3.8, 4) is 17.2 Å². The predicted molar refractivity (Wildman–Crippen MR) is 219 cm³/mol. The fraction of sp³-hybridized carbons (Fsp3) is 0.692. The van der Waals surface area contributed by atoms with Gasteiger partial charge in [-0.3, -0.25) is 0 Å². The second-order valence-corrected chi connectivity index (χ2v) is 16.1. The molecule has 0 spiro atoms. The zero-order valence-corrected chi connectivity index (χ0v) is 36.7. The number of aromatic nitrogens is 9. The summed E-state index contributed by atoms with van der Waals surface area (Å²) in [7, 11) is 0. The van der Waals surface area contributed by atoms with Gasteiger partial charge in [0.05, 0.1) is 77.9 Å². The minimum Gasteiger partial charge on any atom is -0.491 e. The molecule has 30 heteroatoms. The van der Waals surface area contributed by atoms with Gasteiger partial charge in [0.1, 0.15) is 127 Å². The maximum Gasteiger partial charge on any atom is 0.187 e. The average molecular weight is 988 g/mol. The van der Waals surface area contributed by atoms with Gasteiger partial charge in [-0.2, -0.15) is 0 Å². The lowest BCUT2D eigenvalue weighted by atomic mass is 9.99. The van der Waals surface area contributed by atoms with Crippen molar-refractivity contribution in [3.05, 3.63) is 53.9 Å². The normalized spacial score (nSPS) is 31.7. The van der Waals surface area contributed by atoms with Crippen LogP contribution in [0.15, 0.2) is 36.8 Å². The highest BCUT2D eigenvalue weighted by atomic mass is 16.7.